The van der Waals surface area contributed by atoms with E-state index in [1.165, 1.54) is 23.5 Å². The lowest BCUT2D eigenvalue weighted by atomic mass is 10.1. The summed E-state index contributed by atoms with van der Waals surface area (Å²) in [6.45, 7) is 0.0322. The molecule has 2 heterocycles. The largest absolute Gasteiger partial charge is 0.455 e. The molecule has 8 heteroatoms. The zero-order valence-electron chi connectivity index (χ0n) is 14.9. The molecule has 2 aromatic heterocycles. The number of hydrogen-bond acceptors (Lipinski definition) is 6. The van der Waals surface area contributed by atoms with E-state index < -0.39 is 5.97 Å². The lowest BCUT2D eigenvalue weighted by molar-refractivity contribution is -0.147. The van der Waals surface area contributed by atoms with Crippen molar-refractivity contribution in [1.29, 1.82) is 0 Å². The maximum Gasteiger partial charge on any atom is 0.312 e. The van der Waals surface area contributed by atoms with Gasteiger partial charge in [-0.3, -0.25) is 14.6 Å². The number of halogens is 1. The molecule has 3 aromatic rings. The van der Waals surface area contributed by atoms with Gasteiger partial charge in [0.15, 0.2) is 6.61 Å². The van der Waals surface area contributed by atoms with Gasteiger partial charge in [-0.2, -0.15) is 0 Å². The number of rotatable bonds is 8. The lowest BCUT2D eigenvalue weighted by Gasteiger charge is -2.06. The van der Waals surface area contributed by atoms with E-state index in [1.54, 1.807) is 29.9 Å². The van der Waals surface area contributed by atoms with Crippen molar-refractivity contribution in [2.75, 3.05) is 13.2 Å². The highest BCUT2D eigenvalue weighted by Gasteiger charge is 2.12. The molecule has 0 atom stereocenters. The van der Waals surface area contributed by atoms with Crippen LogP contribution in [0.1, 0.15) is 11.3 Å². The second-order valence-electron chi connectivity index (χ2n) is 5.95. The van der Waals surface area contributed by atoms with Gasteiger partial charge in [0.25, 0.3) is 5.91 Å². The van der Waals surface area contributed by atoms with Crippen molar-refractivity contribution in [2.24, 2.45) is 0 Å². The predicted molar refractivity (Wildman–Crippen MR) is 103 cm³/mol. The summed E-state index contributed by atoms with van der Waals surface area (Å²) in [7, 11) is 0. The van der Waals surface area contributed by atoms with E-state index in [1.807, 2.05) is 12.1 Å². The minimum absolute atomic E-state index is 0.000375. The fraction of sp³-hybridized carbons (Fsp3) is 0.200. The van der Waals surface area contributed by atoms with E-state index in [4.69, 9.17) is 4.74 Å². The monoisotopic (exact) mass is 399 g/mol. The van der Waals surface area contributed by atoms with Gasteiger partial charge in [-0.25, -0.2) is 9.37 Å². The number of aromatic nitrogens is 2. The number of ether oxygens (including phenoxy) is 1. The number of thiazole rings is 1. The van der Waals surface area contributed by atoms with Crippen LogP contribution in [0.4, 0.5) is 4.39 Å². The first-order chi connectivity index (χ1) is 13.6. The summed E-state index contributed by atoms with van der Waals surface area (Å²) in [5.41, 5.74) is 2.38. The molecule has 0 aliphatic rings. The third kappa shape index (κ3) is 5.95. The molecule has 0 aliphatic heterocycles. The zero-order valence-corrected chi connectivity index (χ0v) is 15.7. The number of nitrogens with one attached hydrogen (secondary N) is 1. The highest BCUT2D eigenvalue weighted by Crippen LogP contribution is 2.22. The highest BCUT2D eigenvalue weighted by molar-refractivity contribution is 7.13. The second-order valence-corrected chi connectivity index (χ2v) is 6.81. The predicted octanol–water partition coefficient (Wildman–Crippen LogP) is 2.79. The Labute approximate surface area is 165 Å². The number of esters is 1. The minimum Gasteiger partial charge on any atom is -0.455 e. The number of nitrogens with zero attached hydrogens (tertiary/aromatic N) is 2. The highest BCUT2D eigenvalue weighted by atomic mass is 32.1. The molecule has 0 radical (unpaired) electrons. The summed E-state index contributed by atoms with van der Waals surface area (Å²) >= 11 is 1.42. The Bertz CT molecular complexity index is 929. The summed E-state index contributed by atoms with van der Waals surface area (Å²) in [4.78, 5) is 32.1. The Morgan fingerprint density at radius 2 is 2.00 bits per heavy atom. The van der Waals surface area contributed by atoms with Gasteiger partial charge in [0, 0.05) is 29.9 Å². The Morgan fingerprint density at radius 1 is 1.18 bits per heavy atom. The van der Waals surface area contributed by atoms with Gasteiger partial charge in [0.05, 0.1) is 12.1 Å². The second kappa shape index (κ2) is 9.70. The normalized spacial score (nSPS) is 10.5. The van der Waals surface area contributed by atoms with Crippen molar-refractivity contribution in [3.05, 3.63) is 71.2 Å². The van der Waals surface area contributed by atoms with Gasteiger partial charge in [-0.05, 0) is 36.2 Å². The van der Waals surface area contributed by atoms with E-state index in [9.17, 15) is 14.0 Å². The van der Waals surface area contributed by atoms with Gasteiger partial charge in [-0.1, -0.05) is 12.1 Å². The van der Waals surface area contributed by atoms with Crippen molar-refractivity contribution < 1.29 is 18.7 Å². The van der Waals surface area contributed by atoms with E-state index in [2.05, 4.69) is 15.3 Å². The van der Waals surface area contributed by atoms with Gasteiger partial charge in [0.2, 0.25) is 0 Å². The smallest absolute Gasteiger partial charge is 0.312 e. The van der Waals surface area contributed by atoms with Crippen LogP contribution in [0.2, 0.25) is 0 Å². The third-order valence-corrected chi connectivity index (χ3v) is 4.74. The molecule has 0 spiro atoms. The third-order valence-electron chi connectivity index (χ3n) is 3.80. The molecular formula is C20H18FN3O3S. The molecule has 28 heavy (non-hydrogen) atoms. The van der Waals surface area contributed by atoms with Crippen LogP contribution in [-0.4, -0.2) is 35.0 Å². The van der Waals surface area contributed by atoms with Crippen molar-refractivity contribution in [1.82, 2.24) is 15.3 Å². The number of benzene rings is 1. The topological polar surface area (TPSA) is 81.2 Å². The Morgan fingerprint density at radius 3 is 2.75 bits per heavy atom. The fourth-order valence-electron chi connectivity index (χ4n) is 2.40. The average Bonchev–Trinajstić information content (AvgIpc) is 3.17. The van der Waals surface area contributed by atoms with Crippen LogP contribution in [0, 0.1) is 5.82 Å². The quantitative estimate of drug-likeness (QED) is 0.589. The first-order valence-electron chi connectivity index (χ1n) is 8.62. The van der Waals surface area contributed by atoms with Gasteiger partial charge in [0.1, 0.15) is 10.8 Å². The van der Waals surface area contributed by atoms with Crippen LogP contribution < -0.4 is 5.32 Å². The van der Waals surface area contributed by atoms with Crippen molar-refractivity contribution in [3.8, 4) is 10.6 Å². The molecule has 0 saturated heterocycles. The van der Waals surface area contributed by atoms with Crippen LogP contribution in [0.25, 0.3) is 10.6 Å². The SMILES string of the molecule is O=C(COC(=O)Cc1csc(-c2cccnc2)n1)NCCc1ccc(F)cc1. The number of pyridine rings is 1. The first kappa shape index (κ1) is 19.6. The zero-order chi connectivity index (χ0) is 19.8. The summed E-state index contributed by atoms with van der Waals surface area (Å²) in [5, 5.41) is 5.22. The molecule has 1 aromatic carbocycles. The van der Waals surface area contributed by atoms with Gasteiger partial charge in [-0.15, -0.1) is 11.3 Å². The van der Waals surface area contributed by atoms with E-state index in [0.29, 0.717) is 18.7 Å². The maximum atomic E-state index is 12.8. The first-order valence-corrected chi connectivity index (χ1v) is 9.49. The number of hydrogen-bond donors (Lipinski definition) is 1. The Kier molecular flexibility index (Phi) is 6.80. The number of carbonyl (C=O) groups excluding carboxylic acids is 2. The number of carbonyl (C=O) groups is 2. The molecule has 0 unspecified atom stereocenters. The van der Waals surface area contributed by atoms with Gasteiger partial charge >= 0.3 is 5.97 Å². The minimum atomic E-state index is -0.517. The van der Waals surface area contributed by atoms with E-state index in [0.717, 1.165) is 16.1 Å². The molecular weight excluding hydrogens is 381 g/mol. The van der Waals surface area contributed by atoms with Crippen LogP contribution in [0.5, 0.6) is 0 Å². The van der Waals surface area contributed by atoms with Crippen molar-refractivity contribution in [2.45, 2.75) is 12.8 Å². The van der Waals surface area contributed by atoms with Crippen molar-refractivity contribution in [3.63, 3.8) is 0 Å². The molecule has 0 fully saturated rings. The fourth-order valence-corrected chi connectivity index (χ4v) is 3.21. The molecule has 0 saturated carbocycles. The van der Waals surface area contributed by atoms with Crippen LogP contribution in [0.15, 0.2) is 54.2 Å². The summed E-state index contributed by atoms with van der Waals surface area (Å²) < 4.78 is 17.8. The molecule has 144 valence electrons. The Hall–Kier alpha value is -3.13. The average molecular weight is 399 g/mol. The standard InChI is InChI=1S/C20H18FN3O3S/c21-16-5-3-14(4-6-16)7-9-23-18(25)12-27-19(26)10-17-13-28-20(24-17)15-2-1-8-22-11-15/h1-6,8,11,13H,7,9-10,12H2,(H,23,25). The van der Waals surface area contributed by atoms with Gasteiger partial charge < -0.3 is 10.1 Å². The molecule has 6 nitrogen and oxygen atoms in total. The Balaban J connectivity index is 1.37. The summed E-state index contributed by atoms with van der Waals surface area (Å²) in [6.07, 6.45) is 3.95. The molecule has 3 rings (SSSR count). The van der Waals surface area contributed by atoms with E-state index >= 15 is 0 Å². The van der Waals surface area contributed by atoms with Crippen LogP contribution in [0.3, 0.4) is 0 Å². The lowest BCUT2D eigenvalue weighted by Crippen LogP contribution is -2.30. The van der Waals surface area contributed by atoms with E-state index in [-0.39, 0.29) is 24.8 Å². The summed E-state index contributed by atoms with van der Waals surface area (Å²) in [6, 6.07) is 9.78. The molecule has 1 N–H and O–H groups in total. The molecule has 0 aliphatic carbocycles. The van der Waals surface area contributed by atoms with Crippen LogP contribution >= 0.6 is 11.3 Å². The van der Waals surface area contributed by atoms with Crippen LogP contribution in [-0.2, 0) is 27.2 Å². The molecule has 0 bridgehead atoms. The van der Waals surface area contributed by atoms with Crippen molar-refractivity contribution >= 4 is 23.2 Å². The number of amides is 1. The summed E-state index contributed by atoms with van der Waals surface area (Å²) in [5.74, 6) is -1.20. The maximum absolute atomic E-state index is 12.8. The molecule has 1 amide bonds.